The molecule has 1 atom stereocenters. The number of hydrogen-bond donors (Lipinski definition) is 2. The molecule has 21 heavy (non-hydrogen) atoms. The third-order valence-electron chi connectivity index (χ3n) is 4.01. The van der Waals surface area contributed by atoms with Crippen LogP contribution in [0, 0.1) is 0 Å². The first-order valence-corrected chi connectivity index (χ1v) is 10.2. The summed E-state index contributed by atoms with van der Waals surface area (Å²) >= 11 is 0. The third-order valence-corrected chi connectivity index (χ3v) is 7.81. The van der Waals surface area contributed by atoms with Crippen molar-refractivity contribution < 1.29 is 16.8 Å². The van der Waals surface area contributed by atoms with Crippen LogP contribution in [0.4, 0.5) is 0 Å². The average molecular weight is 330 g/mol. The van der Waals surface area contributed by atoms with E-state index in [9.17, 15) is 16.8 Å². The first-order valence-electron chi connectivity index (χ1n) is 6.86. The Balaban J connectivity index is 1.67. The van der Waals surface area contributed by atoms with E-state index in [-0.39, 0.29) is 24.5 Å². The van der Waals surface area contributed by atoms with Gasteiger partial charge in [0.1, 0.15) is 0 Å². The van der Waals surface area contributed by atoms with Crippen LogP contribution in [0.1, 0.15) is 23.1 Å². The van der Waals surface area contributed by atoms with Gasteiger partial charge in [0.25, 0.3) is 0 Å². The minimum absolute atomic E-state index is 0.0386. The zero-order valence-electron chi connectivity index (χ0n) is 11.5. The van der Waals surface area contributed by atoms with Gasteiger partial charge in [0.05, 0.1) is 16.8 Å². The Labute approximate surface area is 124 Å². The van der Waals surface area contributed by atoms with Crippen LogP contribution in [0.25, 0.3) is 0 Å². The molecule has 2 aliphatic rings. The van der Waals surface area contributed by atoms with Crippen LogP contribution >= 0.6 is 0 Å². The minimum Gasteiger partial charge on any atom is -0.309 e. The number of hydrogen-bond acceptors (Lipinski definition) is 5. The number of sulfone groups is 1. The number of nitrogens with one attached hydrogen (secondary N) is 2. The highest BCUT2D eigenvalue weighted by Gasteiger charge is 2.36. The van der Waals surface area contributed by atoms with Gasteiger partial charge in [0.2, 0.25) is 10.0 Å². The first kappa shape index (κ1) is 15.0. The highest BCUT2D eigenvalue weighted by molar-refractivity contribution is 7.95. The lowest BCUT2D eigenvalue weighted by molar-refractivity contribution is 0.567. The molecule has 0 amide bonds. The Morgan fingerprint density at radius 2 is 2.00 bits per heavy atom. The topological polar surface area (TPSA) is 92.3 Å². The molecule has 2 N–H and O–H groups in total. The predicted molar refractivity (Wildman–Crippen MR) is 79.8 cm³/mol. The Morgan fingerprint density at radius 3 is 2.71 bits per heavy atom. The summed E-state index contributed by atoms with van der Waals surface area (Å²) in [6.07, 6.45) is 0.186. The van der Waals surface area contributed by atoms with Gasteiger partial charge in [-0.1, -0.05) is 18.2 Å². The van der Waals surface area contributed by atoms with Crippen molar-refractivity contribution in [3.63, 3.8) is 0 Å². The van der Waals surface area contributed by atoms with E-state index in [0.29, 0.717) is 0 Å². The fraction of sp³-hybridized carbons (Fsp3) is 0.538. The van der Waals surface area contributed by atoms with Crippen molar-refractivity contribution in [1.29, 1.82) is 0 Å². The zero-order chi connectivity index (χ0) is 15.1. The molecule has 3 rings (SSSR count). The van der Waals surface area contributed by atoms with Crippen LogP contribution in [-0.4, -0.2) is 33.6 Å². The molecule has 8 heteroatoms. The Bertz CT molecular complexity index is 756. The van der Waals surface area contributed by atoms with Gasteiger partial charge in [-0.25, -0.2) is 21.6 Å². The van der Waals surface area contributed by atoms with Gasteiger partial charge < -0.3 is 5.32 Å². The summed E-state index contributed by atoms with van der Waals surface area (Å²) in [5, 5.41) is 2.41. The average Bonchev–Trinajstić information content (AvgIpc) is 3.02. The molecule has 2 aliphatic heterocycles. The highest BCUT2D eigenvalue weighted by Crippen LogP contribution is 2.20. The summed E-state index contributed by atoms with van der Waals surface area (Å²) < 4.78 is 49.6. The van der Waals surface area contributed by atoms with Gasteiger partial charge in [-0.3, -0.25) is 0 Å². The second kappa shape index (κ2) is 5.35. The summed E-state index contributed by atoms with van der Waals surface area (Å²) in [4.78, 5) is 0. The van der Waals surface area contributed by atoms with Crippen molar-refractivity contribution in [2.75, 3.05) is 11.5 Å². The fourth-order valence-corrected chi connectivity index (χ4v) is 6.83. The smallest absolute Gasteiger partial charge is 0.215 e. The van der Waals surface area contributed by atoms with Crippen LogP contribution < -0.4 is 10.0 Å². The third kappa shape index (κ3) is 3.28. The summed E-state index contributed by atoms with van der Waals surface area (Å²) in [6.45, 7) is 1.85. The normalized spacial score (nSPS) is 24.1. The van der Waals surface area contributed by atoms with Gasteiger partial charge in [-0.2, -0.15) is 0 Å². The summed E-state index contributed by atoms with van der Waals surface area (Å²) in [5.74, 6) is -0.306. The molecule has 1 fully saturated rings. The van der Waals surface area contributed by atoms with Crippen LogP contribution in [0.5, 0.6) is 0 Å². The maximum absolute atomic E-state index is 12.1. The van der Waals surface area contributed by atoms with Gasteiger partial charge in [0.15, 0.2) is 9.84 Å². The van der Waals surface area contributed by atoms with E-state index in [2.05, 4.69) is 10.0 Å². The van der Waals surface area contributed by atoms with Crippen LogP contribution in [0.3, 0.4) is 0 Å². The van der Waals surface area contributed by atoms with Crippen LogP contribution in [0.2, 0.25) is 0 Å². The summed E-state index contributed by atoms with van der Waals surface area (Å²) in [6, 6.07) is 5.89. The van der Waals surface area contributed by atoms with Crippen molar-refractivity contribution in [3.8, 4) is 0 Å². The van der Waals surface area contributed by atoms with E-state index in [1.165, 1.54) is 11.1 Å². The maximum Gasteiger partial charge on any atom is 0.215 e. The van der Waals surface area contributed by atoms with Gasteiger partial charge in [-0.15, -0.1) is 0 Å². The molecule has 1 unspecified atom stereocenters. The van der Waals surface area contributed by atoms with Crippen molar-refractivity contribution in [2.24, 2.45) is 0 Å². The molecular formula is C13H18N2O4S2. The molecule has 0 bridgehead atoms. The number of rotatable bonds is 4. The minimum atomic E-state index is -3.59. The SMILES string of the molecule is O=S1(=O)CCC(S(=O)(=O)NCc2ccc3c(c2)CNC3)C1. The Morgan fingerprint density at radius 1 is 1.24 bits per heavy atom. The Kier molecular flexibility index (Phi) is 3.81. The Hall–Kier alpha value is -0.960. The molecule has 116 valence electrons. The van der Waals surface area contributed by atoms with Crippen LogP contribution in [-0.2, 0) is 39.5 Å². The molecule has 0 aliphatic carbocycles. The molecule has 2 heterocycles. The quantitative estimate of drug-likeness (QED) is 0.804. The van der Waals surface area contributed by atoms with E-state index in [1.807, 2.05) is 18.2 Å². The molecule has 0 aromatic heterocycles. The van der Waals surface area contributed by atoms with Crippen molar-refractivity contribution in [3.05, 3.63) is 34.9 Å². The van der Waals surface area contributed by atoms with E-state index in [4.69, 9.17) is 0 Å². The van der Waals surface area contributed by atoms with Crippen molar-refractivity contribution in [1.82, 2.24) is 10.0 Å². The van der Waals surface area contributed by atoms with Gasteiger partial charge >= 0.3 is 0 Å². The second-order valence-electron chi connectivity index (χ2n) is 5.60. The molecule has 1 aromatic carbocycles. The lowest BCUT2D eigenvalue weighted by atomic mass is 10.1. The largest absolute Gasteiger partial charge is 0.309 e. The molecule has 0 saturated carbocycles. The predicted octanol–water partition coefficient (Wildman–Crippen LogP) is -0.104. The zero-order valence-corrected chi connectivity index (χ0v) is 13.1. The number of fused-ring (bicyclic) bond motifs is 1. The highest BCUT2D eigenvalue weighted by atomic mass is 32.2. The maximum atomic E-state index is 12.1. The van der Waals surface area contributed by atoms with Gasteiger partial charge in [0, 0.05) is 19.6 Å². The monoisotopic (exact) mass is 330 g/mol. The molecule has 6 nitrogen and oxygen atoms in total. The molecule has 1 saturated heterocycles. The van der Waals surface area contributed by atoms with Crippen molar-refractivity contribution in [2.45, 2.75) is 31.3 Å². The lowest BCUT2D eigenvalue weighted by Crippen LogP contribution is -2.34. The summed E-state index contributed by atoms with van der Waals surface area (Å²) in [7, 11) is -6.79. The standard InChI is InChI=1S/C13H18N2O4S2/c16-20(17)4-3-13(9-20)21(18,19)15-6-10-1-2-11-7-14-8-12(11)5-10/h1-2,5,13-15H,3-4,6-9H2. The second-order valence-corrected chi connectivity index (χ2v) is 9.87. The first-order chi connectivity index (χ1) is 9.86. The van der Waals surface area contributed by atoms with E-state index in [0.717, 1.165) is 18.7 Å². The molecule has 0 spiro atoms. The van der Waals surface area contributed by atoms with Crippen molar-refractivity contribution >= 4 is 19.9 Å². The molecule has 0 radical (unpaired) electrons. The summed E-state index contributed by atoms with van der Waals surface area (Å²) in [5.41, 5.74) is 3.32. The van der Waals surface area contributed by atoms with E-state index < -0.39 is 25.1 Å². The number of benzene rings is 1. The molecular weight excluding hydrogens is 312 g/mol. The lowest BCUT2D eigenvalue weighted by Gasteiger charge is -2.12. The van der Waals surface area contributed by atoms with Gasteiger partial charge in [-0.05, 0) is 23.1 Å². The van der Waals surface area contributed by atoms with Crippen LogP contribution in [0.15, 0.2) is 18.2 Å². The van der Waals surface area contributed by atoms with E-state index in [1.54, 1.807) is 0 Å². The van der Waals surface area contributed by atoms with E-state index >= 15 is 0 Å². The number of sulfonamides is 1. The molecule has 1 aromatic rings. The fourth-order valence-electron chi connectivity index (χ4n) is 2.77.